The summed E-state index contributed by atoms with van der Waals surface area (Å²) in [6, 6.07) is 31.7. The molecule has 2 aliphatic heterocycles. The molecule has 3 N–H and O–H groups in total. The van der Waals surface area contributed by atoms with E-state index in [0.29, 0.717) is 24.6 Å². The number of hydrogen-bond acceptors (Lipinski definition) is 10. The molecule has 0 aliphatic carbocycles. The smallest absolute Gasteiger partial charge is 0.414 e. The maximum atomic E-state index is 13.6. The van der Waals surface area contributed by atoms with Crippen molar-refractivity contribution in [3.05, 3.63) is 130 Å². The van der Waals surface area contributed by atoms with E-state index in [1.807, 2.05) is 39.0 Å². The molecule has 2 aliphatic rings. The fourth-order valence-electron chi connectivity index (χ4n) is 7.78. The highest BCUT2D eigenvalue weighted by Gasteiger charge is 2.40. The maximum absolute atomic E-state index is 13.6. The number of nitrogens with zero attached hydrogens (tertiary/aromatic N) is 1. The van der Waals surface area contributed by atoms with Crippen molar-refractivity contribution in [2.75, 3.05) is 23.9 Å². The first-order chi connectivity index (χ1) is 30.7. The van der Waals surface area contributed by atoms with Crippen molar-refractivity contribution in [1.29, 1.82) is 0 Å². The van der Waals surface area contributed by atoms with Gasteiger partial charge in [-0.2, -0.15) is 0 Å². The Hall–Kier alpha value is -5.96. The Kier molecular flexibility index (Phi) is 18.9. The highest BCUT2D eigenvalue weighted by Crippen LogP contribution is 2.50. The van der Waals surface area contributed by atoms with Crippen LogP contribution in [0.15, 0.2) is 96.4 Å². The Morgan fingerprint density at radius 1 is 0.831 bits per heavy atom. The number of esters is 1. The molecule has 65 heavy (non-hydrogen) atoms. The van der Waals surface area contributed by atoms with Crippen LogP contribution in [0.2, 0.25) is 0 Å². The van der Waals surface area contributed by atoms with E-state index in [1.165, 1.54) is 23.6 Å². The molecule has 1 saturated heterocycles. The summed E-state index contributed by atoms with van der Waals surface area (Å²) in [6.45, 7) is 12.9. The number of benzene rings is 4. The molecule has 13 nitrogen and oxygen atoms in total. The number of ether oxygens (including phenoxy) is 4. The molecule has 3 heterocycles. The number of halogens is 1. The lowest BCUT2D eigenvalue weighted by molar-refractivity contribution is -0.180. The number of hydrogen-bond donors (Lipinski definition) is 3. The SMILES string of the molecule is CC(=O)O.CC(=O)O.CC(=O)O.CC(=O)OC[C@H]1CC[C@H](c2ccccc2C(c2ccccc2)c2ccccc2)[C@H](Oc2cc3c(c4c(C)csc24)C(CCl)CN3C(=O)OC(C)(C)C)O1. The summed E-state index contributed by atoms with van der Waals surface area (Å²) in [6.07, 6.45) is -0.0456. The molecule has 1 fully saturated rings. The molecule has 1 aromatic heterocycles. The van der Waals surface area contributed by atoms with Crippen LogP contribution in [0.1, 0.15) is 112 Å². The second kappa shape index (κ2) is 23.8. The van der Waals surface area contributed by atoms with E-state index in [2.05, 4.69) is 85.1 Å². The van der Waals surface area contributed by atoms with Crippen LogP contribution in [0.25, 0.3) is 10.1 Å². The minimum Gasteiger partial charge on any atom is -0.481 e. The fourth-order valence-corrected chi connectivity index (χ4v) is 9.06. The minimum atomic E-state index is -0.833. The Morgan fingerprint density at radius 2 is 1.37 bits per heavy atom. The first-order valence-electron chi connectivity index (χ1n) is 21.1. The van der Waals surface area contributed by atoms with Crippen LogP contribution < -0.4 is 9.64 Å². The van der Waals surface area contributed by atoms with Gasteiger partial charge >= 0.3 is 12.1 Å². The molecule has 4 aromatic carbocycles. The highest BCUT2D eigenvalue weighted by molar-refractivity contribution is 7.17. The van der Waals surface area contributed by atoms with Crippen molar-refractivity contribution in [2.24, 2.45) is 0 Å². The summed E-state index contributed by atoms with van der Waals surface area (Å²) in [5.41, 5.74) is 6.92. The number of fused-ring (bicyclic) bond motifs is 3. The van der Waals surface area contributed by atoms with Crippen molar-refractivity contribution in [3.63, 3.8) is 0 Å². The number of thiophene rings is 1. The minimum absolute atomic E-state index is 0.0189. The van der Waals surface area contributed by atoms with E-state index in [4.69, 9.17) is 60.3 Å². The van der Waals surface area contributed by atoms with E-state index in [-0.39, 0.29) is 36.4 Å². The molecular formula is C50H58ClNO12S. The van der Waals surface area contributed by atoms with Gasteiger partial charge in [0.2, 0.25) is 6.29 Å². The summed E-state index contributed by atoms with van der Waals surface area (Å²) in [5, 5.41) is 25.4. The molecule has 0 radical (unpaired) electrons. The first kappa shape index (κ1) is 51.7. The summed E-state index contributed by atoms with van der Waals surface area (Å²) in [7, 11) is 0. The van der Waals surface area contributed by atoms with Gasteiger partial charge < -0.3 is 34.3 Å². The zero-order valence-electron chi connectivity index (χ0n) is 37.9. The third kappa shape index (κ3) is 14.8. The highest BCUT2D eigenvalue weighted by atomic mass is 35.5. The van der Waals surface area contributed by atoms with Crippen molar-refractivity contribution >= 4 is 68.7 Å². The molecule has 7 rings (SSSR count). The number of rotatable bonds is 9. The van der Waals surface area contributed by atoms with Gasteiger partial charge in [0.05, 0.1) is 16.5 Å². The monoisotopic (exact) mass is 931 g/mol. The molecule has 0 spiro atoms. The van der Waals surface area contributed by atoms with Crippen LogP contribution in [0.3, 0.4) is 0 Å². The molecule has 348 valence electrons. The standard InChI is InChI=1S/C44H46ClNO6S.3C2H4O2/c1-27-26-53-41-37(22-36-40(38(27)41)31(23-45)24-46(36)43(48)52-44(3,4)5)51-42-35(21-20-32(50-42)25-49-28(2)47)33-18-12-13-19-34(33)39(29-14-8-6-9-15-29)30-16-10-7-11-17-30;3*1-2(3)4/h6-19,22,26,31-32,35,39,42H,20-21,23-25H2,1-5H3;3*1H3,(H,3,4)/t31?,32-,35-,42+;;;/m1.../s1. The summed E-state index contributed by atoms with van der Waals surface area (Å²) in [4.78, 5) is 54.2. The Morgan fingerprint density at radius 3 is 1.89 bits per heavy atom. The van der Waals surface area contributed by atoms with Gasteiger partial charge in [0, 0.05) is 69.3 Å². The number of aliphatic carboxylic acids is 3. The van der Waals surface area contributed by atoms with Crippen LogP contribution >= 0.6 is 22.9 Å². The molecule has 5 aromatic rings. The van der Waals surface area contributed by atoms with E-state index in [0.717, 1.165) is 59.7 Å². The van der Waals surface area contributed by atoms with Crippen LogP contribution in [0, 0.1) is 6.92 Å². The number of carbonyl (C=O) groups excluding carboxylic acids is 2. The lowest BCUT2D eigenvalue weighted by Gasteiger charge is -2.38. The first-order valence-corrected chi connectivity index (χ1v) is 22.5. The van der Waals surface area contributed by atoms with Crippen LogP contribution in [-0.4, -0.2) is 82.3 Å². The predicted octanol–water partition coefficient (Wildman–Crippen LogP) is 11.0. The van der Waals surface area contributed by atoms with Crippen molar-refractivity contribution < 1.29 is 58.2 Å². The van der Waals surface area contributed by atoms with Gasteiger partial charge in [0.1, 0.15) is 18.0 Å². The number of carboxylic acids is 3. The Balaban J connectivity index is 0.000000689. The van der Waals surface area contributed by atoms with E-state index >= 15 is 0 Å². The van der Waals surface area contributed by atoms with Gasteiger partial charge in [-0.15, -0.1) is 22.9 Å². The molecule has 1 amide bonds. The van der Waals surface area contributed by atoms with Crippen LogP contribution in [0.5, 0.6) is 5.75 Å². The second-order valence-electron chi connectivity index (χ2n) is 16.5. The molecule has 0 saturated carbocycles. The summed E-state index contributed by atoms with van der Waals surface area (Å²) >= 11 is 8.19. The molecule has 0 bridgehead atoms. The zero-order chi connectivity index (χ0) is 48.0. The molecule has 4 atom stereocenters. The van der Waals surface area contributed by atoms with Crippen molar-refractivity contribution in [2.45, 2.75) is 104 Å². The lowest BCUT2D eigenvalue weighted by Crippen LogP contribution is -2.40. The number of carboxylic acid groups (broad SMARTS) is 3. The lowest BCUT2D eigenvalue weighted by atomic mass is 9.78. The van der Waals surface area contributed by atoms with Crippen LogP contribution in [0.4, 0.5) is 10.5 Å². The third-order valence-corrected chi connectivity index (χ3v) is 11.5. The van der Waals surface area contributed by atoms with Gasteiger partial charge in [0.25, 0.3) is 17.9 Å². The largest absolute Gasteiger partial charge is 0.481 e. The maximum Gasteiger partial charge on any atom is 0.414 e. The summed E-state index contributed by atoms with van der Waals surface area (Å²) in [5.74, 6) is -2.09. The van der Waals surface area contributed by atoms with Crippen molar-refractivity contribution in [3.8, 4) is 5.75 Å². The number of amides is 1. The average Bonchev–Trinajstić information content (AvgIpc) is 3.80. The number of carbonyl (C=O) groups is 5. The van der Waals surface area contributed by atoms with Gasteiger partial charge in [-0.25, -0.2) is 4.79 Å². The molecular weight excluding hydrogens is 874 g/mol. The van der Waals surface area contributed by atoms with Gasteiger partial charge in [-0.1, -0.05) is 84.9 Å². The summed E-state index contributed by atoms with van der Waals surface area (Å²) < 4.78 is 26.2. The quantitative estimate of drug-likeness (QED) is 0.0722. The number of anilines is 1. The van der Waals surface area contributed by atoms with Crippen molar-refractivity contribution in [1.82, 2.24) is 0 Å². The third-order valence-electron chi connectivity index (χ3n) is 10.1. The average molecular weight is 933 g/mol. The fraction of sp³-hybridized carbons (Fsp3) is 0.380. The zero-order valence-corrected chi connectivity index (χ0v) is 39.5. The second-order valence-corrected chi connectivity index (χ2v) is 17.7. The van der Waals surface area contributed by atoms with E-state index in [1.54, 1.807) is 16.2 Å². The molecule has 1 unspecified atom stereocenters. The number of alkyl halides is 1. The van der Waals surface area contributed by atoms with Gasteiger partial charge in [0.15, 0.2) is 0 Å². The Labute approximate surface area is 388 Å². The number of aryl methyl sites for hydroxylation is 1. The predicted molar refractivity (Wildman–Crippen MR) is 252 cm³/mol. The normalized spacial score (nSPS) is 17.5. The van der Waals surface area contributed by atoms with Gasteiger partial charge in [-0.05, 0) is 79.3 Å². The van der Waals surface area contributed by atoms with E-state index < -0.39 is 35.9 Å². The van der Waals surface area contributed by atoms with Crippen LogP contribution in [-0.2, 0) is 33.4 Å². The van der Waals surface area contributed by atoms with E-state index in [9.17, 15) is 9.59 Å². The van der Waals surface area contributed by atoms with Gasteiger partial charge in [-0.3, -0.25) is 24.1 Å². The Bertz CT molecular complexity index is 2320. The molecule has 15 heteroatoms. The topological polar surface area (TPSA) is 186 Å².